The first kappa shape index (κ1) is 25.8. The fourth-order valence-corrected chi connectivity index (χ4v) is 5.54. The minimum atomic E-state index is 0.605. The van der Waals surface area contributed by atoms with Gasteiger partial charge < -0.3 is 40.4 Å². The van der Waals surface area contributed by atoms with Crippen LogP contribution in [0.25, 0.3) is 5.32 Å². The van der Waals surface area contributed by atoms with E-state index < -0.39 is 0 Å². The van der Waals surface area contributed by atoms with Crippen LogP contribution in [0.2, 0.25) is 5.02 Å². The molecule has 0 amide bonds. The van der Waals surface area contributed by atoms with Crippen molar-refractivity contribution in [3.05, 3.63) is 40.2 Å². The van der Waals surface area contributed by atoms with Crippen LogP contribution in [0.3, 0.4) is 0 Å². The maximum atomic E-state index is 8.22. The van der Waals surface area contributed by atoms with E-state index in [1.165, 1.54) is 24.8 Å². The van der Waals surface area contributed by atoms with Gasteiger partial charge in [-0.3, -0.25) is 0 Å². The van der Waals surface area contributed by atoms with Gasteiger partial charge >= 0.3 is 22.4 Å². The molecular weight excluding hydrogens is 508 g/mol. The third-order valence-electron chi connectivity index (χ3n) is 6.43. The standard InChI is InChI=1S/C21H33ClN3S2.O.Tc/c1-24-18-6-7-21(24)20(15-25(11-13-27)10-8-23-9-12-26)19(14-18)16-2-4-17(22)5-3-16;;/h2-5,18-21,26-27H,6-15H2,1H3;;/q-1;;+4/p-2/t18-,19-,20?,21?;;/m1../s1. The summed E-state index contributed by atoms with van der Waals surface area (Å²) in [4.78, 5) is 5.19. The van der Waals surface area contributed by atoms with E-state index in [9.17, 15) is 0 Å². The molecule has 4 nitrogen and oxygen atoms in total. The van der Waals surface area contributed by atoms with Crippen molar-refractivity contribution >= 4 is 36.9 Å². The topological polar surface area (TPSA) is 37.7 Å². The molecule has 161 valence electrons. The van der Waals surface area contributed by atoms with Crippen molar-refractivity contribution in [3.8, 4) is 0 Å². The molecule has 2 saturated heterocycles. The fraction of sp³-hybridized carbons (Fsp3) is 0.714. The molecule has 0 saturated carbocycles. The fourth-order valence-electron chi connectivity index (χ4n) is 5.03. The molecule has 4 atom stereocenters. The van der Waals surface area contributed by atoms with Gasteiger partial charge in [0.05, 0.1) is 0 Å². The zero-order chi connectivity index (χ0) is 21.2. The van der Waals surface area contributed by atoms with Gasteiger partial charge in [-0.1, -0.05) is 23.7 Å². The number of nitrogens with zero attached hydrogens (tertiary/aromatic N) is 3. The normalized spacial score (nSPS) is 26.4. The molecule has 2 unspecified atom stereocenters. The van der Waals surface area contributed by atoms with Gasteiger partial charge in [-0.15, -0.1) is 6.54 Å². The van der Waals surface area contributed by atoms with Crippen LogP contribution in [0, 0.1) is 5.92 Å². The average molecular weight is 539 g/mol. The van der Waals surface area contributed by atoms with Crippen LogP contribution in [0.15, 0.2) is 24.3 Å². The zero-order valence-electron chi connectivity index (χ0n) is 17.0. The van der Waals surface area contributed by atoms with Gasteiger partial charge in [0.1, 0.15) is 0 Å². The molecule has 2 heterocycles. The van der Waals surface area contributed by atoms with Gasteiger partial charge in [0.15, 0.2) is 0 Å². The van der Waals surface area contributed by atoms with Gasteiger partial charge in [0.2, 0.25) is 0 Å². The van der Waals surface area contributed by atoms with Crippen LogP contribution in [0.5, 0.6) is 0 Å². The van der Waals surface area contributed by atoms with Crippen molar-refractivity contribution < 1.29 is 22.4 Å². The van der Waals surface area contributed by atoms with Gasteiger partial charge in [0, 0.05) is 23.7 Å². The van der Waals surface area contributed by atoms with Crippen LogP contribution in [0.1, 0.15) is 30.7 Å². The molecule has 0 aromatic heterocycles. The Hall–Kier alpha value is 0.539. The summed E-state index contributed by atoms with van der Waals surface area (Å²) in [6, 6.07) is 9.96. The van der Waals surface area contributed by atoms with E-state index in [1.807, 2.05) is 12.1 Å². The summed E-state index contributed by atoms with van der Waals surface area (Å²) in [6.07, 6.45) is 3.90. The molecule has 8 heteroatoms. The molecule has 2 aliphatic heterocycles. The number of rotatable bonds is 10. The van der Waals surface area contributed by atoms with Crippen molar-refractivity contribution in [1.29, 1.82) is 0 Å². The van der Waals surface area contributed by atoms with Crippen molar-refractivity contribution in [3.63, 3.8) is 0 Å². The first-order chi connectivity index (χ1) is 14.1. The zero-order valence-corrected chi connectivity index (χ0v) is 21.3. The number of halogens is 1. The monoisotopic (exact) mass is 537 g/mol. The molecule has 1 aromatic rings. The molecule has 2 fully saturated rings. The van der Waals surface area contributed by atoms with Gasteiger partial charge in [-0.2, -0.15) is 18.1 Å². The Morgan fingerprint density at radius 3 is 2.52 bits per heavy atom. The summed E-state index contributed by atoms with van der Waals surface area (Å²) in [5.41, 5.74) is 1.45. The second kappa shape index (κ2) is 13.8. The number of piperidine rings is 1. The summed E-state index contributed by atoms with van der Waals surface area (Å²) >= 11 is 17.4. The van der Waals surface area contributed by atoms with Crippen LogP contribution < -0.4 is 0 Å². The van der Waals surface area contributed by atoms with Gasteiger partial charge in [-0.25, -0.2) is 0 Å². The van der Waals surface area contributed by atoms with E-state index in [1.54, 1.807) is 0 Å². The second-order valence-electron chi connectivity index (χ2n) is 7.90. The molecule has 0 aliphatic carbocycles. The quantitative estimate of drug-likeness (QED) is 0.336. The van der Waals surface area contributed by atoms with E-state index in [0.29, 0.717) is 17.9 Å². The van der Waals surface area contributed by atoms with Crippen molar-refractivity contribution in [2.24, 2.45) is 5.92 Å². The molecular formula is C21H31ClN3OS2Tc+. The Labute approximate surface area is 202 Å². The summed E-state index contributed by atoms with van der Waals surface area (Å²) in [7, 11) is 2.32. The van der Waals surface area contributed by atoms with Crippen LogP contribution >= 0.6 is 11.6 Å². The SMILES string of the molecule is CN1C2CC[C@@H]1C[C@H](c1ccc(Cl)cc1)C2CN(CC[S-])CC[N-]CC[S-].[O]=[Tc+4]. The Kier molecular flexibility index (Phi) is 12.3. The number of hydrogen-bond donors (Lipinski definition) is 0. The van der Waals surface area contributed by atoms with Crippen LogP contribution in [-0.2, 0) is 47.6 Å². The Bertz CT molecular complexity index is 598. The van der Waals surface area contributed by atoms with Crippen LogP contribution in [0.4, 0.5) is 0 Å². The molecule has 0 N–H and O–H groups in total. The Morgan fingerprint density at radius 2 is 1.86 bits per heavy atom. The predicted molar refractivity (Wildman–Crippen MR) is 122 cm³/mol. The first-order valence-electron chi connectivity index (χ1n) is 10.3. The third kappa shape index (κ3) is 7.28. The number of hydrogen-bond acceptors (Lipinski definition) is 5. The van der Waals surface area contributed by atoms with E-state index in [-0.39, 0.29) is 0 Å². The molecule has 1 aromatic carbocycles. The predicted octanol–water partition coefficient (Wildman–Crippen LogP) is 3.55. The average Bonchev–Trinajstić information content (AvgIpc) is 2.98. The van der Waals surface area contributed by atoms with E-state index >= 15 is 0 Å². The number of fused-ring (bicyclic) bond motifs is 2. The van der Waals surface area contributed by atoms with Crippen molar-refractivity contribution in [2.45, 2.75) is 37.3 Å². The van der Waals surface area contributed by atoms with Crippen LogP contribution in [-0.4, -0.2) is 73.2 Å². The molecule has 29 heavy (non-hydrogen) atoms. The summed E-state index contributed by atoms with van der Waals surface area (Å²) in [6.45, 7) is 4.74. The van der Waals surface area contributed by atoms with Gasteiger partial charge in [0.25, 0.3) is 0 Å². The molecule has 3 rings (SSSR count). The summed E-state index contributed by atoms with van der Waals surface area (Å²) in [5, 5.41) is 5.37. The third-order valence-corrected chi connectivity index (χ3v) is 7.05. The Morgan fingerprint density at radius 1 is 1.14 bits per heavy atom. The van der Waals surface area contributed by atoms with E-state index in [4.69, 9.17) is 40.4 Å². The van der Waals surface area contributed by atoms with Crippen molar-refractivity contribution in [2.75, 3.05) is 51.3 Å². The Balaban J connectivity index is 0.00000145. The molecule has 2 bridgehead atoms. The summed E-state index contributed by atoms with van der Waals surface area (Å²) < 4.78 is 8.22. The van der Waals surface area contributed by atoms with E-state index in [2.05, 4.69) is 34.3 Å². The second-order valence-corrected chi connectivity index (χ2v) is 9.15. The van der Waals surface area contributed by atoms with Crippen molar-refractivity contribution in [1.82, 2.24) is 9.80 Å². The maximum absolute atomic E-state index is 8.22. The van der Waals surface area contributed by atoms with Gasteiger partial charge in [-0.05, 0) is 68.9 Å². The summed E-state index contributed by atoms with van der Waals surface area (Å²) in [5.74, 6) is 2.74. The van der Waals surface area contributed by atoms with E-state index in [0.717, 1.165) is 74.1 Å². The molecule has 2 aliphatic rings. The molecule has 0 radical (unpaired) electrons. The first-order valence-corrected chi connectivity index (χ1v) is 12.6. The number of benzene rings is 1. The minimum absolute atomic E-state index is 0.605. The molecule has 0 spiro atoms.